The second-order valence-corrected chi connectivity index (χ2v) is 12.5. The van der Waals surface area contributed by atoms with Gasteiger partial charge in [0.1, 0.15) is 12.0 Å². The summed E-state index contributed by atoms with van der Waals surface area (Å²) in [6.07, 6.45) is 7.77. The van der Waals surface area contributed by atoms with Crippen molar-refractivity contribution >= 4 is 17.9 Å². The fraction of sp³-hybridized carbons (Fsp3) is 0.893. The minimum absolute atomic E-state index is 0.123. The zero-order valence-electron chi connectivity index (χ0n) is 23.8. The molecule has 0 radical (unpaired) electrons. The maximum absolute atomic E-state index is 12.9. The van der Waals surface area contributed by atoms with Gasteiger partial charge in [0, 0.05) is 22.7 Å². The van der Waals surface area contributed by atoms with Crippen LogP contribution in [0.15, 0.2) is 0 Å². The molecule has 0 spiro atoms. The first-order valence-corrected chi connectivity index (χ1v) is 15.3. The number of hydrogen-bond donors (Lipinski definition) is 2. The largest absolute Gasteiger partial charge is 0.481 e. The summed E-state index contributed by atoms with van der Waals surface area (Å²) in [6, 6.07) is -2.19. The lowest BCUT2D eigenvalue weighted by molar-refractivity contribution is -0.541. The van der Waals surface area contributed by atoms with Crippen molar-refractivity contribution in [2.45, 2.75) is 114 Å². The van der Waals surface area contributed by atoms with Gasteiger partial charge in [-0.2, -0.15) is 0 Å². The van der Waals surface area contributed by atoms with E-state index in [1.54, 1.807) is 0 Å². The van der Waals surface area contributed by atoms with E-state index in [0.717, 1.165) is 38.5 Å². The van der Waals surface area contributed by atoms with Crippen LogP contribution in [0.1, 0.15) is 89.9 Å². The molecule has 0 aliphatic heterocycles. The van der Waals surface area contributed by atoms with Crippen LogP contribution in [0.5, 0.6) is 0 Å². The third kappa shape index (κ3) is 7.74. The van der Waals surface area contributed by atoms with Gasteiger partial charge in [-0.3, -0.25) is 34.6 Å². The summed E-state index contributed by atoms with van der Waals surface area (Å²) in [7, 11) is 0. The quantitative estimate of drug-likeness (QED) is 0.150. The third-order valence-corrected chi connectivity index (χ3v) is 10.2. The van der Waals surface area contributed by atoms with Gasteiger partial charge in [0.15, 0.2) is 0 Å². The van der Waals surface area contributed by atoms with E-state index in [2.05, 4.69) is 0 Å². The first kappa shape index (κ1) is 32.1. The van der Waals surface area contributed by atoms with Gasteiger partial charge in [0.25, 0.3) is 0 Å². The number of carboxylic acid groups (broad SMARTS) is 2. The van der Waals surface area contributed by atoms with E-state index in [4.69, 9.17) is 14.5 Å². The summed E-state index contributed by atoms with van der Waals surface area (Å²) in [5, 5.41) is 42.0. The summed E-state index contributed by atoms with van der Waals surface area (Å²) in [4.78, 5) is 69.2. The molecule has 14 heteroatoms. The van der Waals surface area contributed by atoms with Crippen LogP contribution < -0.4 is 0 Å². The Bertz CT molecular complexity index is 947. The fourth-order valence-corrected chi connectivity index (χ4v) is 7.84. The van der Waals surface area contributed by atoms with Crippen molar-refractivity contribution in [2.24, 2.45) is 35.5 Å². The monoisotopic (exact) mass is 598 g/mol. The molecule has 4 aliphatic rings. The molecular weight excluding hydrogens is 556 g/mol. The van der Waals surface area contributed by atoms with Crippen molar-refractivity contribution in [1.29, 1.82) is 0 Å². The molecule has 0 aromatic heterocycles. The summed E-state index contributed by atoms with van der Waals surface area (Å²) >= 11 is 0. The Morgan fingerprint density at radius 3 is 1.69 bits per heavy atom. The molecule has 0 saturated heterocycles. The van der Waals surface area contributed by atoms with Gasteiger partial charge < -0.3 is 14.9 Å². The van der Waals surface area contributed by atoms with Gasteiger partial charge in [0.05, 0.1) is 30.5 Å². The van der Waals surface area contributed by atoms with Crippen molar-refractivity contribution in [3.63, 3.8) is 0 Å². The van der Waals surface area contributed by atoms with Crippen molar-refractivity contribution in [1.82, 2.24) is 0 Å². The minimum atomic E-state index is -1.26. The Labute approximate surface area is 243 Å². The van der Waals surface area contributed by atoms with Crippen LogP contribution in [0.2, 0.25) is 0 Å². The van der Waals surface area contributed by atoms with Crippen LogP contribution >= 0.6 is 0 Å². The van der Waals surface area contributed by atoms with E-state index in [1.807, 2.05) is 0 Å². The van der Waals surface area contributed by atoms with E-state index in [0.29, 0.717) is 50.4 Å². The molecule has 6 unspecified atom stereocenters. The molecule has 14 nitrogen and oxygen atoms in total. The molecule has 2 N–H and O–H groups in total. The number of ether oxygens (including phenoxy) is 1. The topological polar surface area (TPSA) is 206 Å². The molecule has 4 fully saturated rings. The fourth-order valence-electron chi connectivity index (χ4n) is 7.84. The number of carbonyl (C=O) groups is 3. The molecule has 0 heterocycles. The van der Waals surface area contributed by atoms with Crippen LogP contribution in [0.25, 0.3) is 0 Å². The second-order valence-electron chi connectivity index (χ2n) is 12.5. The normalized spacial score (nSPS) is 37.3. The molecule has 4 rings (SSSR count). The van der Waals surface area contributed by atoms with Gasteiger partial charge in [-0.25, -0.2) is 9.78 Å². The molecule has 0 bridgehead atoms. The van der Waals surface area contributed by atoms with Gasteiger partial charge in [-0.1, -0.05) is 0 Å². The standard InChI is InChI=1S/C28H42N2O12/c31-26(32)20-3-1-5-23(29(36)37)22(20)15-40-42-19-13-9-17(10-14-19)16-7-11-18(12-8-16)41-28(35)25-21(27(33)34)4-2-6-24(25)30(38)39/h16-25H,1-15H2,(H,31,32)(H,33,34). The highest BCUT2D eigenvalue weighted by atomic mass is 17.2. The molecule has 0 amide bonds. The number of nitrogens with zero attached hydrogens (tertiary/aromatic N) is 2. The Kier molecular flexibility index (Phi) is 11.1. The number of esters is 1. The lowest BCUT2D eigenvalue weighted by Gasteiger charge is -2.38. The highest BCUT2D eigenvalue weighted by molar-refractivity contribution is 5.82. The Morgan fingerprint density at radius 1 is 0.667 bits per heavy atom. The van der Waals surface area contributed by atoms with Gasteiger partial charge >= 0.3 is 17.9 Å². The number of nitro groups is 2. The summed E-state index contributed by atoms with van der Waals surface area (Å²) < 4.78 is 5.66. The Balaban J connectivity index is 1.19. The number of carbonyl (C=O) groups excluding carboxylic acids is 1. The maximum Gasteiger partial charge on any atom is 0.317 e. The van der Waals surface area contributed by atoms with Crippen molar-refractivity contribution in [2.75, 3.05) is 6.61 Å². The molecule has 4 saturated carbocycles. The zero-order valence-corrected chi connectivity index (χ0v) is 23.8. The maximum atomic E-state index is 12.9. The van der Waals surface area contributed by atoms with Gasteiger partial charge in [-0.05, 0) is 88.9 Å². The molecule has 236 valence electrons. The zero-order chi connectivity index (χ0) is 30.4. The average Bonchev–Trinajstić information content (AvgIpc) is 2.97. The Morgan fingerprint density at radius 2 is 1.17 bits per heavy atom. The molecule has 42 heavy (non-hydrogen) atoms. The second kappa shape index (κ2) is 14.5. The molecule has 6 atom stereocenters. The van der Waals surface area contributed by atoms with E-state index in [9.17, 15) is 44.8 Å². The van der Waals surface area contributed by atoms with Gasteiger partial charge in [-0.15, -0.1) is 0 Å². The predicted octanol–water partition coefficient (Wildman–Crippen LogP) is 3.89. The predicted molar refractivity (Wildman–Crippen MR) is 143 cm³/mol. The number of hydrogen-bond acceptors (Lipinski definition) is 10. The van der Waals surface area contributed by atoms with Crippen molar-refractivity contribution < 1.29 is 49.0 Å². The molecule has 4 aliphatic carbocycles. The molecule has 0 aromatic rings. The van der Waals surface area contributed by atoms with Crippen molar-refractivity contribution in [3.05, 3.63) is 20.2 Å². The average molecular weight is 599 g/mol. The van der Waals surface area contributed by atoms with Crippen LogP contribution in [0.4, 0.5) is 0 Å². The lowest BCUT2D eigenvalue weighted by Crippen LogP contribution is -2.47. The van der Waals surface area contributed by atoms with E-state index < -0.39 is 63.5 Å². The minimum Gasteiger partial charge on any atom is -0.481 e. The highest BCUT2D eigenvalue weighted by Crippen LogP contribution is 2.41. The summed E-state index contributed by atoms with van der Waals surface area (Å²) in [6.45, 7) is -0.123. The number of carboxylic acids is 2. The SMILES string of the molecule is O=C(O)C1CCCC([N+](=O)[O-])C1COOC1CCC(C2CCC(OC(=O)C3C(C(=O)O)CCCC3[N+](=O)[O-])CC2)CC1. The van der Waals surface area contributed by atoms with Crippen molar-refractivity contribution in [3.8, 4) is 0 Å². The van der Waals surface area contributed by atoms with E-state index >= 15 is 0 Å². The van der Waals surface area contributed by atoms with Gasteiger partial charge in [0.2, 0.25) is 12.1 Å². The third-order valence-electron chi connectivity index (χ3n) is 10.2. The number of rotatable bonds is 11. The number of aliphatic carboxylic acids is 2. The highest BCUT2D eigenvalue weighted by Gasteiger charge is 2.50. The van der Waals surface area contributed by atoms with E-state index in [-0.39, 0.29) is 31.7 Å². The Hall–Kier alpha value is -2.87. The summed E-state index contributed by atoms with van der Waals surface area (Å²) in [5.74, 6) is -6.02. The van der Waals surface area contributed by atoms with E-state index in [1.165, 1.54) is 0 Å². The van der Waals surface area contributed by atoms with Crippen LogP contribution in [-0.4, -0.2) is 68.9 Å². The van der Waals surface area contributed by atoms with Crippen LogP contribution in [-0.2, 0) is 28.9 Å². The molecule has 0 aromatic carbocycles. The first-order valence-electron chi connectivity index (χ1n) is 15.3. The molecular formula is C28H42N2O12. The van der Waals surface area contributed by atoms with Crippen LogP contribution in [0, 0.1) is 55.7 Å². The lowest BCUT2D eigenvalue weighted by atomic mass is 9.72. The summed E-state index contributed by atoms with van der Waals surface area (Å²) in [5.41, 5.74) is 0. The first-order chi connectivity index (χ1) is 20.1. The van der Waals surface area contributed by atoms with Crippen LogP contribution in [0.3, 0.4) is 0 Å². The smallest absolute Gasteiger partial charge is 0.317 e.